The number of urea groups is 1. The quantitative estimate of drug-likeness (QED) is 0.0345. The Bertz CT molecular complexity index is 2280. The van der Waals surface area contributed by atoms with E-state index in [1.165, 1.54) is 17.1 Å². The molecule has 71 heavy (non-hydrogen) atoms. The van der Waals surface area contributed by atoms with Crippen molar-refractivity contribution in [1.29, 1.82) is 0 Å². The summed E-state index contributed by atoms with van der Waals surface area (Å²) in [5.74, 6) is -3.50. The number of hydrogen-bond donors (Lipinski definition) is 8. The van der Waals surface area contributed by atoms with Crippen LogP contribution in [0.15, 0.2) is 78.4 Å². The van der Waals surface area contributed by atoms with Crippen LogP contribution in [0.4, 0.5) is 4.79 Å². The number of hydrogen-bond acceptors (Lipinski definition) is 11. The van der Waals surface area contributed by atoms with E-state index in [9.17, 15) is 47.4 Å². The average Bonchev–Trinajstić information content (AvgIpc) is 3.64. The molecule has 3 rings (SSSR count). The second kappa shape index (κ2) is 28.2. The lowest BCUT2D eigenvalue weighted by atomic mass is 9.76. The SMILES string of the molecule is CNC(C(=O)NC(C(=O)N(C)C/C=C(\C)C(=O)NS(=O)Cc1ccc(CNC(=O)C(CCCNC(N)=O)NC(=O)CNC(=O)CCCCCN2C(=O)C=CC2=O)cc1)C(C)(C)C)C(C)(C)c1ccccc1. The molecule has 4 unspecified atom stereocenters. The molecular weight excluding hydrogens is 933 g/mol. The van der Waals surface area contributed by atoms with E-state index in [0.29, 0.717) is 36.8 Å². The molecule has 1 heterocycles. The van der Waals surface area contributed by atoms with E-state index in [2.05, 4.69) is 36.6 Å². The Kier molecular flexibility index (Phi) is 23.3. The van der Waals surface area contributed by atoms with Gasteiger partial charge in [-0.25, -0.2) is 9.00 Å². The lowest BCUT2D eigenvalue weighted by Gasteiger charge is -2.38. The van der Waals surface area contributed by atoms with E-state index in [1.807, 2.05) is 65.0 Å². The predicted octanol–water partition coefficient (Wildman–Crippen LogP) is 1.62. The second-order valence-corrected chi connectivity index (χ2v) is 20.2. The molecule has 10 amide bonds. The van der Waals surface area contributed by atoms with Gasteiger partial charge in [0.15, 0.2) is 0 Å². The van der Waals surface area contributed by atoms with Crippen molar-refractivity contribution in [3.05, 3.63) is 95.1 Å². The fraction of sp³-hybridized carbons (Fsp3) is 0.500. The van der Waals surface area contributed by atoms with Crippen molar-refractivity contribution >= 4 is 64.3 Å². The summed E-state index contributed by atoms with van der Waals surface area (Å²) in [6.45, 7) is 11.2. The topological polar surface area (TPSA) is 287 Å². The molecule has 1 aliphatic rings. The van der Waals surface area contributed by atoms with E-state index < -0.39 is 63.7 Å². The highest BCUT2D eigenvalue weighted by Gasteiger charge is 2.40. The average molecular weight is 1010 g/mol. The lowest BCUT2D eigenvalue weighted by Crippen LogP contribution is -2.60. The third-order valence-electron chi connectivity index (χ3n) is 11.8. The number of primary amides is 1. The predicted molar refractivity (Wildman–Crippen MR) is 269 cm³/mol. The zero-order valence-corrected chi connectivity index (χ0v) is 42.9. The van der Waals surface area contributed by atoms with Crippen LogP contribution in [0.2, 0.25) is 0 Å². The molecule has 0 bridgehead atoms. The molecule has 9 N–H and O–H groups in total. The van der Waals surface area contributed by atoms with Gasteiger partial charge in [-0.15, -0.1) is 0 Å². The first-order valence-corrected chi connectivity index (χ1v) is 24.9. The Morgan fingerprint density at radius 1 is 0.775 bits per heavy atom. The summed E-state index contributed by atoms with van der Waals surface area (Å²) < 4.78 is 15.5. The highest BCUT2D eigenvalue weighted by molar-refractivity contribution is 7.82. The molecule has 20 nitrogen and oxygen atoms in total. The van der Waals surface area contributed by atoms with E-state index in [4.69, 9.17) is 5.73 Å². The van der Waals surface area contributed by atoms with Crippen molar-refractivity contribution in [2.45, 2.75) is 116 Å². The monoisotopic (exact) mass is 1000 g/mol. The van der Waals surface area contributed by atoms with Gasteiger partial charge in [-0.2, -0.15) is 0 Å². The molecule has 21 heteroatoms. The van der Waals surface area contributed by atoms with Gasteiger partial charge in [0.05, 0.1) is 18.3 Å². The van der Waals surface area contributed by atoms with Gasteiger partial charge < -0.3 is 42.5 Å². The molecule has 0 aliphatic carbocycles. The van der Waals surface area contributed by atoms with Crippen LogP contribution in [0.1, 0.15) is 96.8 Å². The van der Waals surface area contributed by atoms with Gasteiger partial charge in [0.25, 0.3) is 17.7 Å². The normalized spacial score (nSPS) is 14.4. The number of benzene rings is 2. The fourth-order valence-electron chi connectivity index (χ4n) is 7.53. The van der Waals surface area contributed by atoms with Crippen LogP contribution < -0.4 is 42.4 Å². The first kappa shape index (κ1) is 58.6. The zero-order chi connectivity index (χ0) is 52.9. The van der Waals surface area contributed by atoms with Gasteiger partial charge in [0, 0.05) is 62.8 Å². The number of likely N-dealkylation sites (N-methyl/N-ethyl adjacent to an activating group) is 2. The van der Waals surface area contributed by atoms with Crippen LogP contribution in [-0.4, -0.2) is 126 Å². The first-order chi connectivity index (χ1) is 33.4. The maximum Gasteiger partial charge on any atom is 0.312 e. The Morgan fingerprint density at radius 3 is 2.01 bits per heavy atom. The smallest absolute Gasteiger partial charge is 0.312 e. The second-order valence-electron chi connectivity index (χ2n) is 19.0. The van der Waals surface area contributed by atoms with Crippen molar-refractivity contribution < 1.29 is 47.4 Å². The highest BCUT2D eigenvalue weighted by atomic mass is 32.2. The number of carbonyl (C=O) groups is 9. The lowest BCUT2D eigenvalue weighted by molar-refractivity contribution is -0.139. The first-order valence-electron chi connectivity index (χ1n) is 23.6. The van der Waals surface area contributed by atoms with E-state index in [0.717, 1.165) is 10.5 Å². The largest absolute Gasteiger partial charge is 0.352 e. The number of nitrogens with one attached hydrogen (secondary N) is 7. The van der Waals surface area contributed by atoms with Gasteiger partial charge in [0.2, 0.25) is 29.5 Å². The van der Waals surface area contributed by atoms with Crippen LogP contribution in [0, 0.1) is 5.41 Å². The summed E-state index contributed by atoms with van der Waals surface area (Å²) in [7, 11) is 1.47. The minimum absolute atomic E-state index is 0.0172. The summed E-state index contributed by atoms with van der Waals surface area (Å²) in [5.41, 5.74) is 6.40. The number of imide groups is 1. The summed E-state index contributed by atoms with van der Waals surface area (Å²) in [4.78, 5) is 116. The molecular formula is C50H72N10O10S. The van der Waals surface area contributed by atoms with Crippen molar-refractivity contribution in [2.75, 3.05) is 40.3 Å². The van der Waals surface area contributed by atoms with Gasteiger partial charge in [-0.1, -0.05) is 102 Å². The molecule has 1 aliphatic heterocycles. The molecule has 0 spiro atoms. The molecule has 2 aromatic carbocycles. The van der Waals surface area contributed by atoms with Gasteiger partial charge >= 0.3 is 6.03 Å². The van der Waals surface area contributed by atoms with Crippen molar-refractivity contribution in [1.82, 2.24) is 46.4 Å². The van der Waals surface area contributed by atoms with Crippen molar-refractivity contribution in [3.8, 4) is 0 Å². The van der Waals surface area contributed by atoms with Crippen LogP contribution in [0.5, 0.6) is 0 Å². The molecule has 0 aromatic heterocycles. The van der Waals surface area contributed by atoms with Gasteiger partial charge in [-0.05, 0) is 61.8 Å². The Labute approximate surface area is 419 Å². The van der Waals surface area contributed by atoms with E-state index in [-0.39, 0.29) is 86.4 Å². The Balaban J connectivity index is 1.48. The summed E-state index contributed by atoms with van der Waals surface area (Å²) in [6, 6.07) is 13.2. The molecule has 388 valence electrons. The molecule has 4 atom stereocenters. The number of carbonyl (C=O) groups excluding carboxylic acids is 9. The van der Waals surface area contributed by atoms with E-state index in [1.54, 1.807) is 51.4 Å². The van der Waals surface area contributed by atoms with Crippen LogP contribution >= 0.6 is 0 Å². The third-order valence-corrected chi connectivity index (χ3v) is 12.9. The summed E-state index contributed by atoms with van der Waals surface area (Å²) in [5, 5.41) is 16.5. The van der Waals surface area contributed by atoms with Gasteiger partial charge in [-0.3, -0.25) is 48.0 Å². The minimum Gasteiger partial charge on any atom is -0.352 e. The maximum absolute atomic E-state index is 13.8. The summed E-state index contributed by atoms with van der Waals surface area (Å²) >= 11 is 0. The molecule has 2 aromatic rings. The minimum atomic E-state index is -1.81. The molecule has 0 saturated carbocycles. The standard InChI is InChI=1S/C50H72N10O10S/c1-33(26-29-59(8)47(68)43(49(2,3)4)57-46(67)42(52-7)50(5,6)36-16-11-9-12-17-36)44(65)58-71(70)32-35-22-20-34(21-23-35)30-55-45(66)37(18-15-27-53-48(51)69)56-39(62)31-54-38(61)19-13-10-14-28-60-40(63)24-25-41(60)64/h9,11-12,16-17,20-26,37,42-43,52H,10,13-15,18-19,27-32H2,1-8H3,(H,54,61)(H,55,66)(H,56,62)(H,57,67)(H,58,65)(H3,51,53,69)/b33-26+. The highest BCUT2D eigenvalue weighted by Crippen LogP contribution is 2.28. The number of nitrogens with zero attached hydrogens (tertiary/aromatic N) is 2. The Hall–Kier alpha value is -6.74. The molecule has 0 radical (unpaired) electrons. The van der Waals surface area contributed by atoms with Gasteiger partial charge in [0.1, 0.15) is 23.1 Å². The number of unbranched alkanes of at least 4 members (excludes halogenated alkanes) is 2. The van der Waals surface area contributed by atoms with Crippen molar-refractivity contribution in [2.24, 2.45) is 11.1 Å². The number of amides is 10. The fourth-order valence-corrected chi connectivity index (χ4v) is 8.46. The molecule has 0 saturated heterocycles. The molecule has 0 fully saturated rings. The van der Waals surface area contributed by atoms with Crippen molar-refractivity contribution in [3.63, 3.8) is 0 Å². The number of nitrogens with two attached hydrogens (primary N) is 1. The third kappa shape index (κ3) is 19.5. The van der Waals surface area contributed by atoms with Crippen LogP contribution in [-0.2, 0) is 67.1 Å². The maximum atomic E-state index is 13.8. The summed E-state index contributed by atoms with van der Waals surface area (Å²) in [6.07, 6.45) is 6.14. The van der Waals surface area contributed by atoms with Crippen LogP contribution in [0.25, 0.3) is 0 Å². The Morgan fingerprint density at radius 2 is 1.41 bits per heavy atom. The number of rotatable bonds is 28. The van der Waals surface area contributed by atoms with E-state index >= 15 is 0 Å². The zero-order valence-electron chi connectivity index (χ0n) is 42.1. The van der Waals surface area contributed by atoms with Crippen LogP contribution in [0.3, 0.4) is 0 Å².